The number of nitrogens with zero attached hydrogens (tertiary/aromatic N) is 1. The van der Waals surface area contributed by atoms with Gasteiger partial charge in [-0.05, 0) is 42.9 Å². The number of carbonyl (C=O) groups excluding carboxylic acids is 1. The van der Waals surface area contributed by atoms with Crippen molar-refractivity contribution in [2.75, 3.05) is 12.3 Å². The van der Waals surface area contributed by atoms with Crippen LogP contribution in [0.3, 0.4) is 0 Å². The van der Waals surface area contributed by atoms with Crippen molar-refractivity contribution >= 4 is 72.4 Å². The summed E-state index contributed by atoms with van der Waals surface area (Å²) in [4.78, 5) is 15.7. The third kappa shape index (κ3) is 5.75. The second kappa shape index (κ2) is 11.8. The molecule has 10 heteroatoms. The highest BCUT2D eigenvalue weighted by Crippen LogP contribution is 2.44. The minimum atomic E-state index is -0.124. The second-order valence-corrected chi connectivity index (χ2v) is 11.2. The van der Waals surface area contributed by atoms with Crippen LogP contribution < -0.4 is 18.8 Å². The maximum absolute atomic E-state index is 13.9. The van der Waals surface area contributed by atoms with Gasteiger partial charge in [-0.1, -0.05) is 31.4 Å². The fourth-order valence-corrected chi connectivity index (χ4v) is 6.22. The molecule has 33 heavy (non-hydrogen) atoms. The molecular weight excluding hydrogens is 686 g/mol. The van der Waals surface area contributed by atoms with Crippen molar-refractivity contribution < 1.29 is 17.9 Å². The first kappa shape index (κ1) is 25.4. The van der Waals surface area contributed by atoms with Gasteiger partial charge in [-0.2, -0.15) is 0 Å². The van der Waals surface area contributed by atoms with Gasteiger partial charge < -0.3 is 23.7 Å². The topological polar surface area (TPSA) is 74.0 Å². The fraction of sp³-hybridized carbons (Fsp3) is 0.435. The number of halogens is 2. The zero-order valence-electron chi connectivity index (χ0n) is 18.3. The number of ether oxygens (including phenoxy) is 1. The number of hydrogen-bond acceptors (Lipinski definition) is 7. The zero-order chi connectivity index (χ0) is 23.4. The van der Waals surface area contributed by atoms with E-state index in [4.69, 9.17) is 18.8 Å². The van der Waals surface area contributed by atoms with E-state index in [9.17, 15) is 4.79 Å². The average Bonchev–Trinajstić information content (AvgIpc) is 3.26. The third-order valence-electron chi connectivity index (χ3n) is 6.40. The molecule has 4 rings (SSSR count). The van der Waals surface area contributed by atoms with Gasteiger partial charge in [0.25, 0.3) is 5.91 Å². The molecule has 2 aromatic rings. The van der Waals surface area contributed by atoms with E-state index < -0.39 is 0 Å². The van der Waals surface area contributed by atoms with Gasteiger partial charge in [-0.3, -0.25) is 4.79 Å². The lowest BCUT2D eigenvalue weighted by Crippen LogP contribution is -2.27. The van der Waals surface area contributed by atoms with Crippen LogP contribution in [0.15, 0.2) is 24.3 Å². The molecule has 2 aliphatic rings. The summed E-state index contributed by atoms with van der Waals surface area (Å²) >= 11 is 4.14. The molecule has 1 aliphatic heterocycles. The van der Waals surface area contributed by atoms with E-state index in [-0.39, 0.29) is 5.91 Å². The molecule has 1 amide bonds. The molecule has 0 radical (unpaired) electrons. The Balaban J connectivity index is 1.70. The number of carbonyl (C=O) groups is 1. The van der Waals surface area contributed by atoms with Crippen LogP contribution >= 0.6 is 60.8 Å². The summed E-state index contributed by atoms with van der Waals surface area (Å²) in [7, 11) is 2.39. The fourth-order valence-electron chi connectivity index (χ4n) is 4.62. The van der Waals surface area contributed by atoms with Crippen molar-refractivity contribution in [2.45, 2.75) is 52.1 Å². The number of benzene rings is 2. The number of nitrogens with two attached hydrogens (primary N) is 1. The molecule has 178 valence electrons. The summed E-state index contributed by atoms with van der Waals surface area (Å²) in [6, 6.07) is 7.62. The summed E-state index contributed by atoms with van der Waals surface area (Å²) in [5, 5.41) is 0. The number of nitrogen functional groups attached to an aromatic ring is 1. The highest BCUT2D eigenvalue weighted by molar-refractivity contribution is 14.2. The van der Waals surface area contributed by atoms with E-state index in [1.54, 1.807) is 6.07 Å². The van der Waals surface area contributed by atoms with Gasteiger partial charge in [-0.25, -0.2) is 0 Å². The van der Waals surface area contributed by atoms with E-state index in [1.165, 1.54) is 37.7 Å². The van der Waals surface area contributed by atoms with Crippen molar-refractivity contribution in [2.24, 2.45) is 5.92 Å². The Kier molecular flexibility index (Phi) is 9.07. The first-order valence-electron chi connectivity index (χ1n) is 10.9. The quantitative estimate of drug-likeness (QED) is 0.173. The lowest BCUT2D eigenvalue weighted by atomic mass is 9.90. The monoisotopic (exact) mass is 712 g/mol. The first-order valence-corrected chi connectivity index (χ1v) is 17.5. The lowest BCUT2D eigenvalue weighted by Gasteiger charge is -2.25. The average molecular weight is 712 g/mol. The largest absolute Gasteiger partial charge is 0.492 e. The number of fused-ring (bicyclic) bond motifs is 1. The van der Waals surface area contributed by atoms with Gasteiger partial charge >= 0.3 is 0 Å². The van der Waals surface area contributed by atoms with Crippen molar-refractivity contribution in [3.63, 3.8) is 0 Å². The summed E-state index contributed by atoms with van der Waals surface area (Å²) < 4.78 is 18.0. The van der Waals surface area contributed by atoms with Gasteiger partial charge in [0.1, 0.15) is 35.5 Å². The molecule has 1 fully saturated rings. The molecule has 1 aliphatic carbocycles. The molecule has 0 bridgehead atoms. The highest BCUT2D eigenvalue weighted by Gasteiger charge is 2.32. The maximum Gasteiger partial charge on any atom is 0.262 e. The lowest BCUT2D eigenvalue weighted by molar-refractivity contribution is 0.0743. The SMILES string of the molecule is Cc1c(OSI)cc(OSI)c(C(=O)N2Cc3cccc(N)c3C2)c1OCC1CCCCC1. The second-order valence-electron chi connectivity index (χ2n) is 8.46. The smallest absolute Gasteiger partial charge is 0.262 e. The Morgan fingerprint density at radius 1 is 1.12 bits per heavy atom. The van der Waals surface area contributed by atoms with Crippen LogP contribution in [0.4, 0.5) is 5.69 Å². The Morgan fingerprint density at radius 2 is 1.85 bits per heavy atom. The Bertz CT molecular complexity index is 1020. The van der Waals surface area contributed by atoms with Crippen LogP contribution in [0.25, 0.3) is 0 Å². The molecular formula is C23H26I2N2O4S2. The molecule has 6 nitrogen and oxygen atoms in total. The molecule has 0 unspecified atom stereocenters. The minimum Gasteiger partial charge on any atom is -0.492 e. The standard InChI is InChI=1S/C23H26I2N2O4S2/c1-14-19(30-32-24)10-20(31-33-25)21(22(14)29-13-15-6-3-2-4-7-15)23(28)27-11-16-8-5-9-18(26)17(16)12-27/h5,8-10,15H,2-4,6-7,11-13,26H2,1H3. The third-order valence-corrected chi connectivity index (χ3v) is 7.96. The van der Waals surface area contributed by atoms with Crippen molar-refractivity contribution in [1.29, 1.82) is 0 Å². The predicted octanol–water partition coefficient (Wildman–Crippen LogP) is 7.45. The first-order chi connectivity index (χ1) is 16.0. The van der Waals surface area contributed by atoms with Crippen molar-refractivity contribution in [3.05, 3.63) is 46.5 Å². The number of hydrogen-bond donors (Lipinski definition) is 1. The number of anilines is 1. The van der Waals surface area contributed by atoms with E-state index in [0.29, 0.717) is 48.4 Å². The Morgan fingerprint density at radius 3 is 2.55 bits per heavy atom. The molecule has 0 spiro atoms. The van der Waals surface area contributed by atoms with E-state index >= 15 is 0 Å². The van der Waals surface area contributed by atoms with Crippen molar-refractivity contribution in [1.82, 2.24) is 4.90 Å². The Hall–Kier alpha value is -0.730. The zero-order valence-corrected chi connectivity index (χ0v) is 24.2. The van der Waals surface area contributed by atoms with Crippen LogP contribution in [-0.4, -0.2) is 17.4 Å². The summed E-state index contributed by atoms with van der Waals surface area (Å²) in [6.07, 6.45) is 6.09. The van der Waals surface area contributed by atoms with Crippen LogP contribution in [0.2, 0.25) is 0 Å². The summed E-state index contributed by atoms with van der Waals surface area (Å²) in [5.74, 6) is 2.02. The maximum atomic E-state index is 13.9. The minimum absolute atomic E-state index is 0.124. The van der Waals surface area contributed by atoms with Gasteiger partial charge in [-0.15, -0.1) is 0 Å². The van der Waals surface area contributed by atoms with Gasteiger partial charge in [0.05, 0.1) is 6.61 Å². The van der Waals surface area contributed by atoms with Crippen LogP contribution in [0, 0.1) is 12.8 Å². The van der Waals surface area contributed by atoms with Crippen LogP contribution in [0.1, 0.15) is 59.2 Å². The molecule has 1 heterocycles. The molecule has 2 aromatic carbocycles. The van der Waals surface area contributed by atoms with E-state index in [0.717, 1.165) is 35.2 Å². The Labute approximate surface area is 227 Å². The van der Waals surface area contributed by atoms with Gasteiger partial charge in [0.15, 0.2) is 5.75 Å². The van der Waals surface area contributed by atoms with E-state index in [2.05, 4.69) is 42.4 Å². The van der Waals surface area contributed by atoms with Gasteiger partial charge in [0.2, 0.25) is 0 Å². The van der Waals surface area contributed by atoms with E-state index in [1.807, 2.05) is 30.0 Å². The summed E-state index contributed by atoms with van der Waals surface area (Å²) in [6.45, 7) is 3.51. The summed E-state index contributed by atoms with van der Waals surface area (Å²) in [5.41, 5.74) is 10.2. The molecule has 2 N–H and O–H groups in total. The van der Waals surface area contributed by atoms with Crippen LogP contribution in [-0.2, 0) is 13.1 Å². The van der Waals surface area contributed by atoms with Crippen molar-refractivity contribution in [3.8, 4) is 17.2 Å². The number of amides is 1. The predicted molar refractivity (Wildman–Crippen MR) is 152 cm³/mol. The molecule has 1 saturated carbocycles. The highest BCUT2D eigenvalue weighted by atomic mass is 127. The van der Waals surface area contributed by atoms with Gasteiger partial charge in [0, 0.05) is 72.8 Å². The molecule has 0 atom stereocenters. The van der Waals surface area contributed by atoms with Crippen LogP contribution in [0.5, 0.6) is 17.2 Å². The number of rotatable bonds is 8. The molecule has 0 saturated heterocycles. The normalized spacial score (nSPS) is 15.9. The molecule has 0 aromatic heterocycles.